The number of hydrogen-bond acceptors (Lipinski definition) is 5. The van der Waals surface area contributed by atoms with E-state index in [0.717, 1.165) is 23.2 Å². The SMILES string of the molecule is CCCNC(=O)[C@@H]1[C@H]2C(=O)N([C@@H](CO)C(C)C)C(C(=O)Nc3c(C)cccc3C)C23CC[C@@]1(CC)O3. The van der Waals surface area contributed by atoms with E-state index in [1.165, 1.54) is 0 Å². The summed E-state index contributed by atoms with van der Waals surface area (Å²) in [6.45, 7) is 11.9. The number of aliphatic hydroxyl groups is 1. The average molecular weight is 500 g/mol. The van der Waals surface area contributed by atoms with Crippen LogP contribution in [0.2, 0.25) is 0 Å². The van der Waals surface area contributed by atoms with Gasteiger partial charge in [-0.05, 0) is 56.6 Å². The number of carbonyl (C=O) groups is 3. The number of nitrogens with zero attached hydrogens (tertiary/aromatic N) is 1. The minimum absolute atomic E-state index is 0.0885. The van der Waals surface area contributed by atoms with E-state index in [9.17, 15) is 19.5 Å². The van der Waals surface area contributed by atoms with E-state index in [4.69, 9.17) is 4.74 Å². The molecule has 1 aromatic carbocycles. The quantitative estimate of drug-likeness (QED) is 0.484. The Labute approximate surface area is 214 Å². The van der Waals surface area contributed by atoms with Crippen molar-refractivity contribution in [3.8, 4) is 0 Å². The van der Waals surface area contributed by atoms with Gasteiger partial charge in [0.25, 0.3) is 0 Å². The van der Waals surface area contributed by atoms with Gasteiger partial charge >= 0.3 is 0 Å². The molecule has 0 radical (unpaired) electrons. The van der Waals surface area contributed by atoms with Crippen LogP contribution in [0.4, 0.5) is 5.69 Å². The molecular formula is C28H41N3O5. The Balaban J connectivity index is 1.82. The summed E-state index contributed by atoms with van der Waals surface area (Å²) < 4.78 is 6.78. The van der Waals surface area contributed by atoms with Crippen LogP contribution < -0.4 is 10.6 Å². The summed E-state index contributed by atoms with van der Waals surface area (Å²) in [5, 5.41) is 16.4. The van der Waals surface area contributed by atoms with Gasteiger partial charge in [0, 0.05) is 12.2 Å². The highest BCUT2D eigenvalue weighted by Gasteiger charge is 2.79. The smallest absolute Gasteiger partial charge is 0.250 e. The molecule has 3 amide bonds. The first kappa shape index (κ1) is 26.6. The van der Waals surface area contributed by atoms with Crippen LogP contribution in [-0.4, -0.2) is 64.2 Å². The molecule has 0 aliphatic carbocycles. The molecule has 1 aromatic rings. The summed E-state index contributed by atoms with van der Waals surface area (Å²) >= 11 is 0. The number of amides is 3. The second-order valence-corrected chi connectivity index (χ2v) is 11.1. The zero-order valence-corrected chi connectivity index (χ0v) is 22.4. The van der Waals surface area contributed by atoms with Crippen LogP contribution in [0.25, 0.3) is 0 Å². The molecule has 3 aliphatic rings. The van der Waals surface area contributed by atoms with Crippen LogP contribution in [0.3, 0.4) is 0 Å². The van der Waals surface area contributed by atoms with E-state index in [2.05, 4.69) is 10.6 Å². The van der Waals surface area contributed by atoms with Gasteiger partial charge in [-0.3, -0.25) is 14.4 Å². The Kier molecular flexibility index (Phi) is 7.23. The third-order valence-electron chi connectivity index (χ3n) is 8.74. The average Bonchev–Trinajstić information content (AvgIpc) is 3.44. The number of fused-ring (bicyclic) bond motifs is 1. The Hall–Kier alpha value is -2.45. The third-order valence-corrected chi connectivity index (χ3v) is 8.74. The lowest BCUT2D eigenvalue weighted by molar-refractivity contribution is -0.150. The van der Waals surface area contributed by atoms with E-state index in [0.29, 0.717) is 25.8 Å². The summed E-state index contributed by atoms with van der Waals surface area (Å²) in [5.74, 6) is -2.29. The van der Waals surface area contributed by atoms with E-state index in [-0.39, 0.29) is 30.2 Å². The predicted molar refractivity (Wildman–Crippen MR) is 137 cm³/mol. The molecule has 3 N–H and O–H groups in total. The lowest BCUT2D eigenvalue weighted by Gasteiger charge is -2.38. The zero-order valence-electron chi connectivity index (χ0n) is 22.4. The lowest BCUT2D eigenvalue weighted by atomic mass is 9.65. The minimum atomic E-state index is -1.11. The normalized spacial score (nSPS) is 31.6. The first-order valence-electron chi connectivity index (χ1n) is 13.4. The second kappa shape index (κ2) is 9.78. The molecule has 1 spiro atoms. The maximum atomic E-state index is 14.2. The van der Waals surface area contributed by atoms with E-state index in [1.807, 2.05) is 59.7 Å². The van der Waals surface area contributed by atoms with Crippen molar-refractivity contribution < 1.29 is 24.2 Å². The van der Waals surface area contributed by atoms with E-state index < -0.39 is 35.1 Å². The molecule has 0 aromatic heterocycles. The van der Waals surface area contributed by atoms with Gasteiger partial charge in [0.2, 0.25) is 17.7 Å². The largest absolute Gasteiger partial charge is 0.394 e. The molecule has 2 bridgehead atoms. The van der Waals surface area contributed by atoms with Gasteiger partial charge in [0.15, 0.2) is 0 Å². The molecule has 8 nitrogen and oxygen atoms in total. The summed E-state index contributed by atoms with van der Waals surface area (Å²) in [6.07, 6.45) is 2.51. The number of likely N-dealkylation sites (tertiary alicyclic amines) is 1. The molecule has 0 saturated carbocycles. The molecule has 3 heterocycles. The van der Waals surface area contributed by atoms with Gasteiger partial charge < -0.3 is 25.4 Å². The van der Waals surface area contributed by atoms with Crippen LogP contribution in [0.15, 0.2) is 18.2 Å². The Bertz CT molecular complexity index is 1020. The molecule has 198 valence electrons. The number of rotatable bonds is 9. The van der Waals surface area contributed by atoms with Crippen molar-refractivity contribution in [1.82, 2.24) is 10.2 Å². The summed E-state index contributed by atoms with van der Waals surface area (Å²) in [6, 6.07) is 4.30. The number of nitrogens with one attached hydrogen (secondary N) is 2. The first-order chi connectivity index (χ1) is 17.1. The number of para-hydroxylation sites is 1. The molecule has 6 atom stereocenters. The lowest BCUT2D eigenvalue weighted by Crippen LogP contribution is -2.57. The van der Waals surface area contributed by atoms with Crippen molar-refractivity contribution in [1.29, 1.82) is 0 Å². The van der Waals surface area contributed by atoms with Gasteiger partial charge in [-0.1, -0.05) is 45.9 Å². The summed E-state index contributed by atoms with van der Waals surface area (Å²) in [5.41, 5.74) is 0.691. The van der Waals surface area contributed by atoms with Gasteiger partial charge in [0.05, 0.1) is 30.1 Å². The van der Waals surface area contributed by atoms with E-state index >= 15 is 0 Å². The predicted octanol–water partition coefficient (Wildman–Crippen LogP) is 2.94. The maximum absolute atomic E-state index is 14.2. The highest BCUT2D eigenvalue weighted by molar-refractivity contribution is 6.04. The topological polar surface area (TPSA) is 108 Å². The van der Waals surface area contributed by atoms with E-state index in [1.54, 1.807) is 4.90 Å². The van der Waals surface area contributed by atoms with Crippen LogP contribution >= 0.6 is 0 Å². The van der Waals surface area contributed by atoms with Crippen molar-refractivity contribution in [2.24, 2.45) is 17.8 Å². The first-order valence-corrected chi connectivity index (χ1v) is 13.4. The molecule has 4 rings (SSSR count). The van der Waals surface area contributed by atoms with Crippen LogP contribution in [-0.2, 0) is 19.1 Å². The molecule has 3 aliphatic heterocycles. The monoisotopic (exact) mass is 499 g/mol. The van der Waals surface area contributed by atoms with Gasteiger partial charge in [0.1, 0.15) is 11.6 Å². The molecule has 36 heavy (non-hydrogen) atoms. The molecule has 3 saturated heterocycles. The fourth-order valence-electron chi connectivity index (χ4n) is 6.89. The maximum Gasteiger partial charge on any atom is 0.250 e. The minimum Gasteiger partial charge on any atom is -0.394 e. The number of hydrogen-bond donors (Lipinski definition) is 3. The zero-order chi connectivity index (χ0) is 26.4. The van der Waals surface area contributed by atoms with Gasteiger partial charge in [-0.2, -0.15) is 0 Å². The van der Waals surface area contributed by atoms with Crippen LogP contribution in [0, 0.1) is 31.6 Å². The van der Waals surface area contributed by atoms with Gasteiger partial charge in [-0.15, -0.1) is 0 Å². The number of carbonyl (C=O) groups excluding carboxylic acids is 3. The Morgan fingerprint density at radius 3 is 2.39 bits per heavy atom. The van der Waals surface area contributed by atoms with Crippen molar-refractivity contribution in [3.05, 3.63) is 29.3 Å². The highest BCUT2D eigenvalue weighted by Crippen LogP contribution is 2.64. The van der Waals surface area contributed by atoms with Crippen molar-refractivity contribution >= 4 is 23.4 Å². The number of benzene rings is 1. The number of aliphatic hydroxyl groups excluding tert-OH is 1. The van der Waals surface area contributed by atoms with Crippen molar-refractivity contribution in [2.75, 3.05) is 18.5 Å². The Morgan fingerprint density at radius 1 is 1.17 bits per heavy atom. The fourth-order valence-corrected chi connectivity index (χ4v) is 6.89. The summed E-state index contributed by atoms with van der Waals surface area (Å²) in [4.78, 5) is 43.3. The van der Waals surface area contributed by atoms with Crippen LogP contribution in [0.5, 0.6) is 0 Å². The highest BCUT2D eigenvalue weighted by atomic mass is 16.5. The second-order valence-electron chi connectivity index (χ2n) is 11.1. The number of ether oxygens (including phenoxy) is 1. The molecular weight excluding hydrogens is 458 g/mol. The van der Waals surface area contributed by atoms with Gasteiger partial charge in [-0.25, -0.2) is 0 Å². The number of anilines is 1. The standard InChI is InChI=1S/C28H41N3O5/c1-7-14-29-24(33)20-21-26(35)31(19(15-32)16(3)4)23(28(21)13-12-27(20,8-2)36-28)25(34)30-22-17(5)10-9-11-18(22)6/h9-11,16,19-21,23,32H,7-8,12-15H2,1-6H3,(H,29,33)(H,30,34)/t19-,20-,21-,23?,27+,28?/m0/s1. The molecule has 2 unspecified atom stereocenters. The summed E-state index contributed by atoms with van der Waals surface area (Å²) in [7, 11) is 0. The third kappa shape index (κ3) is 3.84. The number of aryl methyl sites for hydroxylation is 2. The fraction of sp³-hybridized carbons (Fsp3) is 0.679. The van der Waals surface area contributed by atoms with Crippen molar-refractivity contribution in [3.63, 3.8) is 0 Å². The van der Waals surface area contributed by atoms with Crippen LogP contribution in [0.1, 0.15) is 64.5 Å². The molecule has 8 heteroatoms. The van der Waals surface area contributed by atoms with Crippen molar-refractivity contribution in [2.45, 2.75) is 90.5 Å². The Morgan fingerprint density at radius 2 is 1.83 bits per heavy atom. The molecule has 3 fully saturated rings.